The number of unbranched alkanes of at least 4 members (excludes halogenated alkanes) is 13. The van der Waals surface area contributed by atoms with Crippen LogP contribution >= 0.6 is 0 Å². The van der Waals surface area contributed by atoms with E-state index in [1.54, 1.807) is 6.92 Å². The molecular weight excluding hydrogens is 360 g/mol. The fourth-order valence-electron chi connectivity index (χ4n) is 3.50. The van der Waals surface area contributed by atoms with E-state index >= 15 is 0 Å². The van der Waals surface area contributed by atoms with Crippen molar-refractivity contribution in [2.24, 2.45) is 0 Å². The van der Waals surface area contributed by atoms with Crippen molar-refractivity contribution in [3.63, 3.8) is 0 Å². The fraction of sp³-hybridized carbons (Fsp3) is 1.00. The van der Waals surface area contributed by atoms with E-state index in [9.17, 15) is 13.5 Å². The van der Waals surface area contributed by atoms with Gasteiger partial charge in [-0.2, -0.15) is 8.42 Å². The van der Waals surface area contributed by atoms with Gasteiger partial charge in [-0.15, -0.1) is 0 Å². The van der Waals surface area contributed by atoms with Crippen LogP contribution in [0.5, 0.6) is 0 Å². The smallest absolute Gasteiger partial charge is 0.267 e. The summed E-state index contributed by atoms with van der Waals surface area (Å²) in [7, 11) is -3.87. The first-order chi connectivity index (χ1) is 12.9. The van der Waals surface area contributed by atoms with Crippen LogP contribution in [0.25, 0.3) is 0 Å². The topological polar surface area (TPSA) is 74.6 Å². The molecule has 164 valence electrons. The Hall–Kier alpha value is -0.130. The molecule has 0 aromatic carbocycles. The number of hydrogen-bond acceptors (Lipinski definition) is 3. The highest BCUT2D eigenvalue weighted by Crippen LogP contribution is 2.16. The SMILES string of the molecule is CCCCCCCCCCCCCC(O)CCCCCCC(C)S(=O)(=O)O. The van der Waals surface area contributed by atoms with Crippen molar-refractivity contribution in [1.29, 1.82) is 0 Å². The highest BCUT2D eigenvalue weighted by atomic mass is 32.2. The molecule has 5 heteroatoms. The maximum atomic E-state index is 10.9. The molecule has 2 N–H and O–H groups in total. The van der Waals surface area contributed by atoms with Gasteiger partial charge in [-0.25, -0.2) is 0 Å². The quantitative estimate of drug-likeness (QED) is 0.175. The molecule has 0 bridgehead atoms. The molecule has 4 nitrogen and oxygen atoms in total. The van der Waals surface area contributed by atoms with Crippen LogP contribution in [0.3, 0.4) is 0 Å². The van der Waals surface area contributed by atoms with Crippen LogP contribution in [0.2, 0.25) is 0 Å². The van der Waals surface area contributed by atoms with E-state index in [1.807, 2.05) is 0 Å². The van der Waals surface area contributed by atoms with E-state index in [0.717, 1.165) is 44.9 Å². The first kappa shape index (κ1) is 26.9. The molecule has 0 aromatic rings. The molecule has 0 rings (SSSR count). The summed E-state index contributed by atoms with van der Waals surface area (Å²) in [6.45, 7) is 3.81. The standard InChI is InChI=1S/C22H46O4S/c1-3-4-5-6-7-8-9-10-11-12-16-19-22(23)20-17-14-13-15-18-21(2)27(24,25)26/h21-23H,3-20H2,1-2H3,(H,24,25,26). The molecule has 0 amide bonds. The van der Waals surface area contributed by atoms with Gasteiger partial charge in [0.15, 0.2) is 0 Å². The molecule has 0 saturated heterocycles. The third-order valence-electron chi connectivity index (χ3n) is 5.55. The van der Waals surface area contributed by atoms with E-state index in [-0.39, 0.29) is 6.10 Å². The molecule has 27 heavy (non-hydrogen) atoms. The van der Waals surface area contributed by atoms with Crippen LogP contribution in [-0.2, 0) is 10.1 Å². The Morgan fingerprint density at radius 3 is 1.33 bits per heavy atom. The summed E-state index contributed by atoms with van der Waals surface area (Å²) in [5.74, 6) is 0. The molecule has 2 unspecified atom stereocenters. The van der Waals surface area contributed by atoms with Crippen molar-refractivity contribution in [2.45, 2.75) is 141 Å². The predicted molar refractivity (Wildman–Crippen MR) is 116 cm³/mol. The number of aliphatic hydroxyl groups is 1. The van der Waals surface area contributed by atoms with Crippen LogP contribution in [0, 0.1) is 0 Å². The van der Waals surface area contributed by atoms with Gasteiger partial charge in [0.1, 0.15) is 0 Å². The summed E-state index contributed by atoms with van der Waals surface area (Å²) in [4.78, 5) is 0. The molecule has 0 aliphatic rings. The molecule has 0 saturated carbocycles. The Labute approximate surface area is 169 Å². The third-order valence-corrected chi connectivity index (χ3v) is 6.80. The normalized spacial score (nSPS) is 14.4. The Morgan fingerprint density at radius 1 is 0.630 bits per heavy atom. The molecule has 0 fully saturated rings. The largest absolute Gasteiger partial charge is 0.393 e. The van der Waals surface area contributed by atoms with Crippen molar-refractivity contribution in [1.82, 2.24) is 0 Å². The van der Waals surface area contributed by atoms with E-state index in [2.05, 4.69) is 6.92 Å². The minimum absolute atomic E-state index is 0.180. The first-order valence-corrected chi connectivity index (χ1v) is 13.0. The lowest BCUT2D eigenvalue weighted by Crippen LogP contribution is -2.16. The minimum atomic E-state index is -3.87. The minimum Gasteiger partial charge on any atom is -0.393 e. The lowest BCUT2D eigenvalue weighted by atomic mass is 10.0. The summed E-state index contributed by atoms with van der Waals surface area (Å²) < 4.78 is 30.7. The zero-order chi connectivity index (χ0) is 20.4. The van der Waals surface area contributed by atoms with E-state index in [1.165, 1.54) is 64.2 Å². The first-order valence-electron chi connectivity index (χ1n) is 11.5. The van der Waals surface area contributed by atoms with E-state index in [0.29, 0.717) is 6.42 Å². The van der Waals surface area contributed by atoms with Crippen LogP contribution in [0.15, 0.2) is 0 Å². The average molecular weight is 407 g/mol. The maximum absolute atomic E-state index is 10.9. The van der Waals surface area contributed by atoms with Crippen molar-refractivity contribution in [3.05, 3.63) is 0 Å². The van der Waals surface area contributed by atoms with Gasteiger partial charge in [0.2, 0.25) is 0 Å². The van der Waals surface area contributed by atoms with Gasteiger partial charge < -0.3 is 5.11 Å². The lowest BCUT2D eigenvalue weighted by molar-refractivity contribution is 0.147. The Kier molecular flexibility index (Phi) is 17.8. The zero-order valence-corrected chi connectivity index (χ0v) is 18.8. The maximum Gasteiger partial charge on any atom is 0.267 e. The average Bonchev–Trinajstić information content (AvgIpc) is 2.61. The van der Waals surface area contributed by atoms with Gasteiger partial charge in [-0.3, -0.25) is 4.55 Å². The summed E-state index contributed by atoms with van der Waals surface area (Å²) in [6, 6.07) is 0. The van der Waals surface area contributed by atoms with Crippen molar-refractivity contribution in [3.8, 4) is 0 Å². The highest BCUT2D eigenvalue weighted by molar-refractivity contribution is 7.86. The second kappa shape index (κ2) is 17.9. The molecule has 2 atom stereocenters. The highest BCUT2D eigenvalue weighted by Gasteiger charge is 2.16. The zero-order valence-electron chi connectivity index (χ0n) is 18.0. The molecule has 0 radical (unpaired) electrons. The van der Waals surface area contributed by atoms with Gasteiger partial charge in [-0.1, -0.05) is 103 Å². The van der Waals surface area contributed by atoms with Gasteiger partial charge in [0, 0.05) is 0 Å². The predicted octanol–water partition coefficient (Wildman–Crippen LogP) is 6.67. The van der Waals surface area contributed by atoms with Crippen molar-refractivity contribution in [2.75, 3.05) is 0 Å². The number of rotatable bonds is 20. The third kappa shape index (κ3) is 19.0. The van der Waals surface area contributed by atoms with Gasteiger partial charge in [0.25, 0.3) is 10.1 Å². The summed E-state index contributed by atoms with van der Waals surface area (Å²) in [6.07, 6.45) is 20.6. The summed E-state index contributed by atoms with van der Waals surface area (Å²) >= 11 is 0. The van der Waals surface area contributed by atoms with Crippen molar-refractivity contribution >= 4 is 10.1 Å². The summed E-state index contributed by atoms with van der Waals surface area (Å²) in [5, 5.41) is 9.37. The molecule has 0 aliphatic heterocycles. The Bertz CT molecular complexity index is 409. The van der Waals surface area contributed by atoms with Crippen LogP contribution in [0.1, 0.15) is 129 Å². The van der Waals surface area contributed by atoms with Gasteiger partial charge >= 0.3 is 0 Å². The van der Waals surface area contributed by atoms with E-state index < -0.39 is 15.4 Å². The van der Waals surface area contributed by atoms with Crippen LogP contribution in [-0.4, -0.2) is 29.4 Å². The second-order valence-corrected chi connectivity index (χ2v) is 10.1. The van der Waals surface area contributed by atoms with Crippen LogP contribution < -0.4 is 0 Å². The lowest BCUT2D eigenvalue weighted by Gasteiger charge is -2.11. The fourth-order valence-corrected chi connectivity index (χ4v) is 3.97. The molecule has 0 heterocycles. The molecular formula is C22H46O4S. The number of hydrogen-bond donors (Lipinski definition) is 2. The monoisotopic (exact) mass is 406 g/mol. The second-order valence-electron chi connectivity index (χ2n) is 8.30. The molecule has 0 aliphatic carbocycles. The Morgan fingerprint density at radius 2 is 0.963 bits per heavy atom. The summed E-state index contributed by atoms with van der Waals surface area (Å²) in [5.41, 5.74) is 0. The van der Waals surface area contributed by atoms with Gasteiger partial charge in [-0.05, 0) is 26.2 Å². The van der Waals surface area contributed by atoms with Crippen LogP contribution in [0.4, 0.5) is 0 Å². The number of aliphatic hydroxyl groups excluding tert-OH is 1. The molecule has 0 aromatic heterocycles. The van der Waals surface area contributed by atoms with E-state index in [4.69, 9.17) is 4.55 Å². The van der Waals surface area contributed by atoms with Gasteiger partial charge in [0.05, 0.1) is 11.4 Å². The Balaban J connectivity index is 3.29. The van der Waals surface area contributed by atoms with Crippen molar-refractivity contribution < 1.29 is 18.1 Å². The molecule has 0 spiro atoms.